The summed E-state index contributed by atoms with van der Waals surface area (Å²) in [6, 6.07) is 4.12. The number of amides is 1. The van der Waals surface area contributed by atoms with Crippen molar-refractivity contribution in [2.24, 2.45) is 5.73 Å². The molecule has 1 amide bonds. The van der Waals surface area contributed by atoms with E-state index in [9.17, 15) is 18.0 Å². The van der Waals surface area contributed by atoms with Crippen LogP contribution >= 0.6 is 23.8 Å². The van der Waals surface area contributed by atoms with Gasteiger partial charge in [0.2, 0.25) is 0 Å². The van der Waals surface area contributed by atoms with E-state index in [0.717, 1.165) is 17.0 Å². The Balaban J connectivity index is 2.08. The predicted octanol–water partition coefficient (Wildman–Crippen LogP) is 4.03. The summed E-state index contributed by atoms with van der Waals surface area (Å²) in [4.78, 5) is 15.7. The molecule has 1 heterocycles. The van der Waals surface area contributed by atoms with Crippen molar-refractivity contribution in [3.05, 3.63) is 52.2 Å². The van der Waals surface area contributed by atoms with Crippen molar-refractivity contribution in [3.63, 3.8) is 0 Å². The zero-order valence-corrected chi connectivity index (χ0v) is 17.0. The van der Waals surface area contributed by atoms with Gasteiger partial charge in [0.1, 0.15) is 5.54 Å². The summed E-state index contributed by atoms with van der Waals surface area (Å²) in [6.45, 7) is 3.25. The maximum atomic E-state index is 13.4. The molecule has 1 aliphatic heterocycles. The molecule has 152 valence electrons. The van der Waals surface area contributed by atoms with Gasteiger partial charge in [0.05, 0.1) is 22.9 Å². The molecule has 1 aliphatic carbocycles. The normalized spacial score (nSPS) is 21.8. The average Bonchev–Trinajstić information content (AvgIpc) is 2.81. The van der Waals surface area contributed by atoms with Crippen LogP contribution in [0.3, 0.4) is 0 Å². The second kappa shape index (κ2) is 7.13. The Hall–Kier alpha value is -2.41. The number of halogens is 4. The molecule has 0 aromatic heterocycles. The van der Waals surface area contributed by atoms with Crippen LogP contribution in [0.4, 0.5) is 18.9 Å². The molecule has 0 radical (unpaired) electrons. The highest BCUT2D eigenvalue weighted by molar-refractivity contribution is 7.80. The summed E-state index contributed by atoms with van der Waals surface area (Å²) < 4.78 is 40.1. The lowest BCUT2D eigenvalue weighted by molar-refractivity contribution is -0.137. The van der Waals surface area contributed by atoms with Crippen molar-refractivity contribution < 1.29 is 18.0 Å². The van der Waals surface area contributed by atoms with Crippen molar-refractivity contribution in [2.45, 2.75) is 38.0 Å². The highest BCUT2D eigenvalue weighted by Gasteiger charge is 2.51. The van der Waals surface area contributed by atoms with E-state index in [0.29, 0.717) is 17.2 Å². The van der Waals surface area contributed by atoms with Gasteiger partial charge < -0.3 is 10.6 Å². The number of hydrogen-bond donors (Lipinski definition) is 1. The smallest absolute Gasteiger partial charge is 0.323 e. The Kier molecular flexibility index (Phi) is 5.24. The lowest BCUT2D eigenvalue weighted by atomic mass is 9.98. The monoisotopic (exact) mass is 440 g/mol. The number of allylic oxidation sites excluding steroid dienone is 2. The van der Waals surface area contributed by atoms with Crippen LogP contribution < -0.4 is 10.6 Å². The first-order valence-corrected chi connectivity index (χ1v) is 9.30. The van der Waals surface area contributed by atoms with Gasteiger partial charge in [-0.05, 0) is 56.4 Å². The van der Waals surface area contributed by atoms with Gasteiger partial charge >= 0.3 is 6.18 Å². The van der Waals surface area contributed by atoms with Gasteiger partial charge in [-0.15, -0.1) is 0 Å². The fraction of sp³-hybridized carbons (Fsp3) is 0.316. The molecule has 1 atom stereocenters. The Morgan fingerprint density at radius 3 is 2.55 bits per heavy atom. The summed E-state index contributed by atoms with van der Waals surface area (Å²) in [7, 11) is 0. The molecule has 1 unspecified atom stereocenters. The van der Waals surface area contributed by atoms with E-state index in [1.807, 2.05) is 0 Å². The molecule has 5 nitrogen and oxygen atoms in total. The van der Waals surface area contributed by atoms with E-state index in [1.54, 1.807) is 30.9 Å². The zero-order chi connectivity index (χ0) is 21.7. The third-order valence-corrected chi connectivity index (χ3v) is 5.63. The van der Waals surface area contributed by atoms with Gasteiger partial charge in [-0.1, -0.05) is 11.6 Å². The van der Waals surface area contributed by atoms with E-state index in [-0.39, 0.29) is 10.8 Å². The second-order valence-electron chi connectivity index (χ2n) is 7.18. The number of benzene rings is 1. The molecule has 1 fully saturated rings. The predicted molar refractivity (Wildman–Crippen MR) is 107 cm³/mol. The fourth-order valence-electron chi connectivity index (χ4n) is 3.36. The summed E-state index contributed by atoms with van der Waals surface area (Å²) >= 11 is 11.5. The Bertz CT molecular complexity index is 1010. The summed E-state index contributed by atoms with van der Waals surface area (Å²) in [5, 5.41) is 9.47. The summed E-state index contributed by atoms with van der Waals surface area (Å²) in [5.74, 6) is -0.490. The molecule has 0 saturated carbocycles. The molecule has 2 N–H and O–H groups in total. The SMILES string of the molecule is CC1(C)C(=O)N(c2ccc(C#N)c(C(F)(F)F)c2)C(=S)N1C1=CC=C(Cl)C(N)C1. The number of nitriles is 1. The third kappa shape index (κ3) is 3.52. The largest absolute Gasteiger partial charge is 0.417 e. The maximum absolute atomic E-state index is 13.4. The van der Waals surface area contributed by atoms with Crippen LogP contribution in [0.2, 0.25) is 0 Å². The number of alkyl halides is 3. The van der Waals surface area contributed by atoms with Crippen LogP contribution in [0.25, 0.3) is 0 Å². The van der Waals surface area contributed by atoms with E-state index < -0.39 is 34.8 Å². The highest BCUT2D eigenvalue weighted by Crippen LogP contribution is 2.40. The van der Waals surface area contributed by atoms with Gasteiger partial charge in [-0.3, -0.25) is 9.69 Å². The van der Waals surface area contributed by atoms with E-state index >= 15 is 0 Å². The van der Waals surface area contributed by atoms with E-state index in [2.05, 4.69) is 0 Å². The molecule has 1 aromatic carbocycles. The van der Waals surface area contributed by atoms with E-state index in [4.69, 9.17) is 34.8 Å². The summed E-state index contributed by atoms with van der Waals surface area (Å²) in [6.07, 6.45) is -1.13. The van der Waals surface area contributed by atoms with Crippen molar-refractivity contribution in [3.8, 4) is 6.07 Å². The molecular weight excluding hydrogens is 425 g/mol. The van der Waals surface area contributed by atoms with Crippen LogP contribution in [0, 0.1) is 11.3 Å². The van der Waals surface area contributed by atoms with Crippen molar-refractivity contribution in [2.75, 3.05) is 4.90 Å². The fourth-order valence-corrected chi connectivity index (χ4v) is 4.04. The number of carbonyl (C=O) groups is 1. The second-order valence-corrected chi connectivity index (χ2v) is 7.98. The molecule has 3 rings (SSSR count). The number of nitrogens with two attached hydrogens (primary N) is 1. The molecule has 29 heavy (non-hydrogen) atoms. The summed E-state index contributed by atoms with van der Waals surface area (Å²) in [5.41, 5.74) is 3.76. The van der Waals surface area contributed by atoms with Gasteiger partial charge in [-0.25, -0.2) is 0 Å². The Labute approximate surface area is 175 Å². The minimum Gasteiger partial charge on any atom is -0.323 e. The molecule has 0 bridgehead atoms. The highest BCUT2D eigenvalue weighted by atomic mass is 35.5. The Morgan fingerprint density at radius 2 is 2.00 bits per heavy atom. The first-order valence-electron chi connectivity index (χ1n) is 8.51. The Morgan fingerprint density at radius 1 is 1.34 bits per heavy atom. The topological polar surface area (TPSA) is 73.4 Å². The molecule has 1 aromatic rings. The number of thiocarbonyl (C=S) groups is 1. The molecular formula is C19H16ClF3N4OS. The molecule has 1 saturated heterocycles. The lowest BCUT2D eigenvalue weighted by Crippen LogP contribution is -2.45. The van der Waals surface area contributed by atoms with Gasteiger partial charge in [-0.2, -0.15) is 18.4 Å². The van der Waals surface area contributed by atoms with Crippen LogP contribution in [0.1, 0.15) is 31.4 Å². The first kappa shape index (κ1) is 21.3. The number of anilines is 1. The van der Waals surface area contributed by atoms with Gasteiger partial charge in [0, 0.05) is 23.2 Å². The van der Waals surface area contributed by atoms with E-state index in [1.165, 1.54) is 12.1 Å². The van der Waals surface area contributed by atoms with Crippen molar-refractivity contribution in [1.29, 1.82) is 5.26 Å². The first-order chi connectivity index (χ1) is 13.4. The van der Waals surface area contributed by atoms with Gasteiger partial charge in [0.15, 0.2) is 5.11 Å². The van der Waals surface area contributed by atoms with Crippen molar-refractivity contribution in [1.82, 2.24) is 4.90 Å². The third-order valence-electron chi connectivity index (χ3n) is 4.86. The minimum atomic E-state index is -4.75. The number of carbonyl (C=O) groups excluding carboxylic acids is 1. The number of nitrogens with zero attached hydrogens (tertiary/aromatic N) is 3. The maximum Gasteiger partial charge on any atom is 0.417 e. The quantitative estimate of drug-likeness (QED) is 0.703. The average molecular weight is 441 g/mol. The molecule has 10 heteroatoms. The minimum absolute atomic E-state index is 0.0303. The standard InChI is InChI=1S/C19H16ClF3N4OS/c1-18(2)16(28)26(11-4-3-10(9-24)13(7-11)19(21,22)23)17(29)27(18)12-5-6-14(20)15(25)8-12/h3-7,15H,8,25H2,1-2H3. The van der Waals surface area contributed by atoms with Crippen molar-refractivity contribution >= 4 is 40.5 Å². The van der Waals surface area contributed by atoms with Crippen LogP contribution in [-0.2, 0) is 11.0 Å². The zero-order valence-electron chi connectivity index (χ0n) is 15.4. The van der Waals surface area contributed by atoms with Gasteiger partial charge in [0.25, 0.3) is 5.91 Å². The van der Waals surface area contributed by atoms with Crippen LogP contribution in [-0.4, -0.2) is 27.5 Å². The van der Waals surface area contributed by atoms with Crippen LogP contribution in [0.5, 0.6) is 0 Å². The molecule has 0 spiro atoms. The number of hydrogen-bond acceptors (Lipinski definition) is 4. The lowest BCUT2D eigenvalue weighted by Gasteiger charge is -2.34. The van der Waals surface area contributed by atoms with Crippen LogP contribution in [0.15, 0.2) is 41.1 Å². The molecule has 2 aliphatic rings. The number of rotatable bonds is 2.